The van der Waals surface area contributed by atoms with Crippen molar-refractivity contribution in [1.29, 1.82) is 0 Å². The molecule has 0 amide bonds. The Morgan fingerprint density at radius 2 is 0.875 bits per heavy atom. The molecular weight excluding hydrogens is 373 g/mol. The van der Waals surface area contributed by atoms with Crippen LogP contribution in [0.1, 0.15) is 0 Å². The predicted octanol–water partition coefficient (Wildman–Crippen LogP) is 2.27. The van der Waals surface area contributed by atoms with Crippen LogP contribution < -0.4 is 8.92 Å². The first-order valence-electron chi connectivity index (χ1n) is 4.60. The van der Waals surface area contributed by atoms with E-state index in [2.05, 4.69) is 24.3 Å². The van der Waals surface area contributed by atoms with Gasteiger partial charge in [0.1, 0.15) is 0 Å². The Kier molecular flexibility index (Phi) is 4.78. The van der Waals surface area contributed by atoms with Gasteiger partial charge >= 0.3 is 117 Å². The summed E-state index contributed by atoms with van der Waals surface area (Å²) < 4.78 is 2.79. The van der Waals surface area contributed by atoms with E-state index in [4.69, 9.17) is 23.2 Å². The monoisotopic (exact) mass is 382 g/mol. The van der Waals surface area contributed by atoms with Crippen molar-refractivity contribution < 1.29 is 0 Å². The molecule has 0 unspecified atom stereocenters. The second kappa shape index (κ2) is 6.12. The third-order valence-electron chi connectivity index (χ3n) is 1.86. The molecule has 0 heterocycles. The fourth-order valence-corrected chi connectivity index (χ4v) is 7.29. The molecule has 0 bridgehead atoms. The molecule has 0 radical (unpaired) electrons. The summed E-state index contributed by atoms with van der Waals surface area (Å²) in [6, 6.07) is 16.3. The fraction of sp³-hybridized carbons (Fsp3) is 0. The van der Waals surface area contributed by atoms with Crippen LogP contribution in [0.2, 0.25) is 10.0 Å². The molecule has 2 aromatic carbocycles. The van der Waals surface area contributed by atoms with Crippen LogP contribution >= 0.6 is 23.2 Å². The molecule has 0 saturated heterocycles. The summed E-state index contributed by atoms with van der Waals surface area (Å²) in [6.07, 6.45) is 0. The van der Waals surface area contributed by atoms with Gasteiger partial charge in [-0.3, -0.25) is 0 Å². The molecule has 2 aromatic rings. The number of hydrogen-bond acceptors (Lipinski definition) is 0. The molecule has 82 valence electrons. The predicted molar refractivity (Wildman–Crippen MR) is 73.7 cm³/mol. The van der Waals surface area contributed by atoms with Crippen LogP contribution in [0.5, 0.6) is 0 Å². The first-order chi connectivity index (χ1) is 7.74. The Morgan fingerprint density at radius 3 is 1.19 bits per heavy atom. The van der Waals surface area contributed by atoms with Crippen LogP contribution in [0, 0.1) is 0 Å². The zero-order valence-corrected chi connectivity index (χ0v) is 13.1. The Labute approximate surface area is 116 Å². The topological polar surface area (TPSA) is 0 Å². The number of halogens is 2. The Balaban J connectivity index is 1.97. The molecule has 0 aromatic heterocycles. The van der Waals surface area contributed by atoms with Gasteiger partial charge in [0.05, 0.1) is 0 Å². The van der Waals surface area contributed by atoms with E-state index in [0.717, 1.165) is 10.0 Å². The fourth-order valence-electron chi connectivity index (χ4n) is 1.08. The van der Waals surface area contributed by atoms with Crippen molar-refractivity contribution in [3.63, 3.8) is 0 Å². The van der Waals surface area contributed by atoms with Gasteiger partial charge in [0.2, 0.25) is 0 Å². The molecule has 0 spiro atoms. The van der Waals surface area contributed by atoms with Crippen molar-refractivity contribution >= 4 is 58.4 Å². The van der Waals surface area contributed by atoms with Crippen molar-refractivity contribution in [2.24, 2.45) is 0 Å². The van der Waals surface area contributed by atoms with Gasteiger partial charge in [-0.25, -0.2) is 0 Å². The van der Waals surface area contributed by atoms with E-state index in [9.17, 15) is 0 Å². The van der Waals surface area contributed by atoms with Crippen LogP contribution in [0.15, 0.2) is 48.5 Å². The third-order valence-corrected chi connectivity index (χ3v) is 9.59. The molecule has 0 fully saturated rings. The summed E-state index contributed by atoms with van der Waals surface area (Å²) >= 11 is 12.7. The van der Waals surface area contributed by atoms with E-state index in [-0.39, 0.29) is 0 Å². The van der Waals surface area contributed by atoms with Gasteiger partial charge in [-0.1, -0.05) is 0 Å². The van der Waals surface area contributed by atoms with Crippen LogP contribution in [0.3, 0.4) is 0 Å². The molecule has 0 aliphatic carbocycles. The second-order valence-electron chi connectivity index (χ2n) is 3.07. The number of hydrogen-bond donors (Lipinski definition) is 0. The van der Waals surface area contributed by atoms with Gasteiger partial charge in [0, 0.05) is 0 Å². The summed E-state index contributed by atoms with van der Waals surface area (Å²) in [7, 11) is 0. The van der Waals surface area contributed by atoms with Gasteiger partial charge in [0.25, 0.3) is 0 Å². The average molecular weight is 381 g/mol. The van der Waals surface area contributed by atoms with E-state index in [1.807, 2.05) is 24.3 Å². The zero-order chi connectivity index (χ0) is 11.4. The molecule has 0 nitrogen and oxygen atoms in total. The third kappa shape index (κ3) is 3.82. The van der Waals surface area contributed by atoms with Gasteiger partial charge in [-0.2, -0.15) is 0 Å². The maximum atomic E-state index is 5.84. The van der Waals surface area contributed by atoms with Gasteiger partial charge in [-0.15, -0.1) is 0 Å². The first kappa shape index (κ1) is 12.5. The number of rotatable bonds is 3. The Morgan fingerprint density at radius 1 is 0.562 bits per heavy atom. The zero-order valence-electron chi connectivity index (χ0n) is 8.19. The molecule has 0 aliphatic heterocycles. The number of benzene rings is 2. The first-order valence-corrected chi connectivity index (χ1v) is 11.4. The minimum atomic E-state index is 0.519. The van der Waals surface area contributed by atoms with Crippen LogP contribution in [0.4, 0.5) is 0 Å². The Bertz CT molecular complexity index is 406. The molecule has 0 aliphatic rings. The van der Waals surface area contributed by atoms with E-state index in [0.29, 0.717) is 26.3 Å². The van der Waals surface area contributed by atoms with Crippen molar-refractivity contribution in [3.8, 4) is 0 Å². The summed E-state index contributed by atoms with van der Waals surface area (Å²) in [6.45, 7) is 0. The molecular formula is C12H8Cl2Se2. The standard InChI is InChI=1S/C12H8Cl2Se2/c13-9-1-5-11(6-2-9)15-16-12-7-3-10(14)4-8-12/h1-8H. The van der Waals surface area contributed by atoms with E-state index >= 15 is 0 Å². The van der Waals surface area contributed by atoms with Gasteiger partial charge in [-0.05, 0) is 0 Å². The molecule has 0 N–H and O–H groups in total. The molecule has 0 atom stereocenters. The van der Waals surface area contributed by atoms with Crippen LogP contribution in [-0.2, 0) is 0 Å². The van der Waals surface area contributed by atoms with Gasteiger partial charge in [0.15, 0.2) is 0 Å². The molecule has 0 saturated carbocycles. The summed E-state index contributed by atoms with van der Waals surface area (Å²) in [4.78, 5) is 0. The SMILES string of the molecule is Clc1ccc([Se][Se]c2ccc(Cl)cc2)cc1. The summed E-state index contributed by atoms with van der Waals surface area (Å²) in [5.74, 6) is 0. The van der Waals surface area contributed by atoms with E-state index < -0.39 is 0 Å². The molecule has 4 heteroatoms. The molecule has 16 heavy (non-hydrogen) atoms. The minimum absolute atomic E-state index is 0.519. The van der Waals surface area contributed by atoms with Crippen LogP contribution in [0.25, 0.3) is 0 Å². The van der Waals surface area contributed by atoms with Crippen molar-refractivity contribution in [1.82, 2.24) is 0 Å². The van der Waals surface area contributed by atoms with Crippen molar-refractivity contribution in [2.75, 3.05) is 0 Å². The Hall–Kier alpha value is 0.0590. The maximum absolute atomic E-state index is 5.84. The summed E-state index contributed by atoms with van der Waals surface area (Å²) in [5, 5.41) is 1.61. The second-order valence-corrected chi connectivity index (χ2v) is 10.3. The molecule has 2 rings (SSSR count). The average Bonchev–Trinajstić information content (AvgIpc) is 2.30. The summed E-state index contributed by atoms with van der Waals surface area (Å²) in [5.41, 5.74) is 0. The van der Waals surface area contributed by atoms with Crippen molar-refractivity contribution in [2.45, 2.75) is 0 Å². The van der Waals surface area contributed by atoms with E-state index in [1.54, 1.807) is 0 Å². The van der Waals surface area contributed by atoms with E-state index in [1.165, 1.54) is 8.92 Å². The van der Waals surface area contributed by atoms with Crippen LogP contribution in [-0.4, -0.2) is 26.3 Å². The normalized spacial score (nSPS) is 10.4. The quantitative estimate of drug-likeness (QED) is 0.716. The van der Waals surface area contributed by atoms with Gasteiger partial charge < -0.3 is 0 Å². The van der Waals surface area contributed by atoms with Crippen molar-refractivity contribution in [3.05, 3.63) is 58.6 Å².